The molecule has 5 aromatic rings. The van der Waals surface area contributed by atoms with Gasteiger partial charge in [-0.25, -0.2) is 9.97 Å². The number of rotatable bonds is 7. The Bertz CT molecular complexity index is 1530. The summed E-state index contributed by atoms with van der Waals surface area (Å²) >= 11 is 0. The molecule has 1 aliphatic carbocycles. The molecule has 0 saturated carbocycles. The van der Waals surface area contributed by atoms with Crippen LogP contribution >= 0.6 is 0 Å². The van der Waals surface area contributed by atoms with Crippen molar-refractivity contribution in [2.24, 2.45) is 0 Å². The predicted octanol–water partition coefficient (Wildman–Crippen LogP) is 3.30. The number of pyridine rings is 1. The van der Waals surface area contributed by atoms with Gasteiger partial charge in [0.15, 0.2) is 5.65 Å². The van der Waals surface area contributed by atoms with Crippen molar-refractivity contribution < 1.29 is 0 Å². The maximum Gasteiger partial charge on any atom is 0.250 e. The van der Waals surface area contributed by atoms with E-state index in [9.17, 15) is 4.79 Å². The monoisotopic (exact) mass is 466 g/mol. The van der Waals surface area contributed by atoms with E-state index in [4.69, 9.17) is 0 Å². The quantitative estimate of drug-likeness (QED) is 0.381. The molecule has 0 bridgehead atoms. The third-order valence-electron chi connectivity index (χ3n) is 6.55. The average molecular weight is 467 g/mol. The molecule has 176 valence electrons. The third kappa shape index (κ3) is 4.44. The molecular formula is C26H26N8O. The number of benzene rings is 1. The molecule has 4 heterocycles. The van der Waals surface area contributed by atoms with Gasteiger partial charge in [0.1, 0.15) is 12.1 Å². The molecule has 9 nitrogen and oxygen atoms in total. The Kier molecular flexibility index (Phi) is 5.57. The summed E-state index contributed by atoms with van der Waals surface area (Å²) in [5.41, 5.74) is 6.54. The van der Waals surface area contributed by atoms with Crippen molar-refractivity contribution in [1.82, 2.24) is 34.5 Å². The standard InChI is InChI=1S/C26H26N8O/c35-24-7-3-4-12-33(24)14-18-8-10-19(11-9-18)15-34-16-21-25(28-17-29-26(21)32-34)27-13-23-20-5-1-2-6-22(20)30-31-23/h3-4,7-12,16-17H,1-2,5-6,13-15H2,(H,30,31)(H,27,28,29,32). The minimum absolute atomic E-state index is 0.00231. The van der Waals surface area contributed by atoms with Gasteiger partial charge in [-0.1, -0.05) is 30.3 Å². The third-order valence-corrected chi connectivity index (χ3v) is 6.55. The summed E-state index contributed by atoms with van der Waals surface area (Å²) in [6, 6.07) is 13.4. The van der Waals surface area contributed by atoms with Gasteiger partial charge in [-0.05, 0) is 48.4 Å². The first-order chi connectivity index (χ1) is 17.2. The summed E-state index contributed by atoms with van der Waals surface area (Å²) < 4.78 is 3.58. The van der Waals surface area contributed by atoms with E-state index in [2.05, 4.69) is 54.8 Å². The first-order valence-corrected chi connectivity index (χ1v) is 11.9. The molecule has 0 fully saturated rings. The van der Waals surface area contributed by atoms with Crippen LogP contribution in [0.15, 0.2) is 66.0 Å². The molecule has 0 saturated heterocycles. The van der Waals surface area contributed by atoms with Gasteiger partial charge in [0, 0.05) is 24.2 Å². The molecule has 0 atom stereocenters. The van der Waals surface area contributed by atoms with Gasteiger partial charge in [0.25, 0.3) is 5.56 Å². The van der Waals surface area contributed by atoms with Crippen LogP contribution in [0, 0.1) is 0 Å². The lowest BCUT2D eigenvalue weighted by Crippen LogP contribution is -2.18. The molecule has 6 rings (SSSR count). The average Bonchev–Trinajstić information content (AvgIpc) is 3.49. The number of aromatic nitrogens is 7. The molecule has 9 heteroatoms. The van der Waals surface area contributed by atoms with Crippen LogP contribution in [0.3, 0.4) is 0 Å². The lowest BCUT2D eigenvalue weighted by molar-refractivity contribution is 0.672. The first kappa shape index (κ1) is 21.3. The highest BCUT2D eigenvalue weighted by Gasteiger charge is 2.17. The number of fused-ring (bicyclic) bond motifs is 2. The maximum absolute atomic E-state index is 12.0. The van der Waals surface area contributed by atoms with Crippen LogP contribution < -0.4 is 10.9 Å². The Morgan fingerprint density at radius 3 is 2.66 bits per heavy atom. The number of aryl methyl sites for hydroxylation is 1. The van der Waals surface area contributed by atoms with E-state index in [1.54, 1.807) is 29.2 Å². The Balaban J connectivity index is 1.16. The number of H-pyrrole nitrogens is 1. The Morgan fingerprint density at radius 1 is 0.971 bits per heavy atom. The molecule has 35 heavy (non-hydrogen) atoms. The van der Waals surface area contributed by atoms with E-state index >= 15 is 0 Å². The minimum Gasteiger partial charge on any atom is -0.364 e. The summed E-state index contributed by atoms with van der Waals surface area (Å²) in [6.07, 6.45) is 9.94. The SMILES string of the molecule is O=c1ccccn1Cc1ccc(Cn2cc3c(NCc4n[nH]c5c4CCCC5)ncnc3n2)cc1. The number of hydrogen-bond donors (Lipinski definition) is 2. The van der Waals surface area contributed by atoms with E-state index in [1.165, 1.54) is 24.1 Å². The normalized spacial score (nSPS) is 13.1. The topological polar surface area (TPSA) is 106 Å². The van der Waals surface area contributed by atoms with Crippen LogP contribution in [0.25, 0.3) is 11.0 Å². The van der Waals surface area contributed by atoms with Crippen LogP contribution in [0.4, 0.5) is 5.82 Å². The highest BCUT2D eigenvalue weighted by atomic mass is 16.1. The zero-order chi connectivity index (χ0) is 23.6. The number of hydrogen-bond acceptors (Lipinski definition) is 6. The largest absolute Gasteiger partial charge is 0.364 e. The van der Waals surface area contributed by atoms with Crippen molar-refractivity contribution >= 4 is 16.9 Å². The second-order valence-electron chi connectivity index (χ2n) is 8.96. The van der Waals surface area contributed by atoms with Gasteiger partial charge in [0.05, 0.1) is 30.7 Å². The Morgan fingerprint density at radius 2 is 1.80 bits per heavy atom. The van der Waals surface area contributed by atoms with E-state index in [1.807, 2.05) is 16.9 Å². The van der Waals surface area contributed by atoms with Crippen LogP contribution in [-0.2, 0) is 32.5 Å². The first-order valence-electron chi connectivity index (χ1n) is 11.9. The summed E-state index contributed by atoms with van der Waals surface area (Å²) in [5, 5.41) is 16.7. The van der Waals surface area contributed by atoms with Crippen molar-refractivity contribution in [3.63, 3.8) is 0 Å². The van der Waals surface area contributed by atoms with Crippen molar-refractivity contribution in [1.29, 1.82) is 0 Å². The highest BCUT2D eigenvalue weighted by molar-refractivity contribution is 5.85. The molecule has 0 unspecified atom stereocenters. The van der Waals surface area contributed by atoms with Crippen LogP contribution in [-0.4, -0.2) is 34.5 Å². The van der Waals surface area contributed by atoms with E-state index in [0.717, 1.165) is 40.9 Å². The number of aromatic amines is 1. The number of anilines is 1. The fourth-order valence-electron chi connectivity index (χ4n) is 4.69. The van der Waals surface area contributed by atoms with Gasteiger partial charge < -0.3 is 9.88 Å². The molecule has 0 spiro atoms. The van der Waals surface area contributed by atoms with E-state index in [-0.39, 0.29) is 5.56 Å². The second-order valence-corrected chi connectivity index (χ2v) is 8.96. The summed E-state index contributed by atoms with van der Waals surface area (Å²) in [6.45, 7) is 1.79. The fourth-order valence-corrected chi connectivity index (χ4v) is 4.69. The highest BCUT2D eigenvalue weighted by Crippen LogP contribution is 2.24. The zero-order valence-corrected chi connectivity index (χ0v) is 19.3. The molecule has 1 aromatic carbocycles. The lowest BCUT2D eigenvalue weighted by Gasteiger charge is -2.11. The van der Waals surface area contributed by atoms with Gasteiger partial charge in [-0.3, -0.25) is 14.6 Å². The van der Waals surface area contributed by atoms with E-state index < -0.39 is 0 Å². The minimum atomic E-state index is -0.00231. The molecule has 0 amide bonds. The predicted molar refractivity (Wildman–Crippen MR) is 133 cm³/mol. The van der Waals surface area contributed by atoms with Gasteiger partial charge in [0.2, 0.25) is 0 Å². The molecule has 2 N–H and O–H groups in total. The van der Waals surface area contributed by atoms with Gasteiger partial charge in [-0.2, -0.15) is 10.2 Å². The van der Waals surface area contributed by atoms with Crippen LogP contribution in [0.2, 0.25) is 0 Å². The summed E-state index contributed by atoms with van der Waals surface area (Å²) in [7, 11) is 0. The van der Waals surface area contributed by atoms with Gasteiger partial charge >= 0.3 is 0 Å². The van der Waals surface area contributed by atoms with Crippen LogP contribution in [0.5, 0.6) is 0 Å². The van der Waals surface area contributed by atoms with Gasteiger partial charge in [-0.15, -0.1) is 0 Å². The van der Waals surface area contributed by atoms with Crippen molar-refractivity contribution in [2.45, 2.75) is 45.3 Å². The van der Waals surface area contributed by atoms with Crippen molar-refractivity contribution in [3.8, 4) is 0 Å². The smallest absolute Gasteiger partial charge is 0.250 e. The van der Waals surface area contributed by atoms with Crippen molar-refractivity contribution in [3.05, 3.63) is 99.6 Å². The van der Waals surface area contributed by atoms with Crippen molar-refractivity contribution in [2.75, 3.05) is 5.32 Å². The second kappa shape index (κ2) is 9.17. The summed E-state index contributed by atoms with van der Waals surface area (Å²) in [5.74, 6) is 0.762. The Labute approximate surface area is 201 Å². The maximum atomic E-state index is 12.0. The number of nitrogens with zero attached hydrogens (tertiary/aromatic N) is 6. The molecule has 1 aliphatic rings. The Hall–Kier alpha value is -4.27. The number of nitrogens with one attached hydrogen (secondary N) is 2. The molecule has 4 aromatic heterocycles. The fraction of sp³-hybridized carbons (Fsp3) is 0.269. The van der Waals surface area contributed by atoms with E-state index in [0.29, 0.717) is 25.3 Å². The zero-order valence-electron chi connectivity index (χ0n) is 19.3. The van der Waals surface area contributed by atoms with Crippen LogP contribution in [0.1, 0.15) is 40.9 Å². The summed E-state index contributed by atoms with van der Waals surface area (Å²) in [4.78, 5) is 20.8. The molecular weight excluding hydrogens is 440 g/mol. The molecule has 0 aliphatic heterocycles. The lowest BCUT2D eigenvalue weighted by atomic mass is 9.96. The molecule has 0 radical (unpaired) electrons.